The number of hydrogen-bond donors (Lipinski definition) is 0. The second-order valence-corrected chi connectivity index (χ2v) is 22.3. The van der Waals surface area contributed by atoms with Crippen LogP contribution in [0.2, 0.25) is 0 Å². The molecule has 2 heteroatoms. The van der Waals surface area contributed by atoms with Gasteiger partial charge in [0.05, 0.1) is 11.4 Å². The summed E-state index contributed by atoms with van der Waals surface area (Å²) in [6, 6.07) is 102. The first-order chi connectivity index (χ1) is 34.2. The number of aromatic nitrogens is 1. The van der Waals surface area contributed by atoms with E-state index in [0.717, 1.165) is 22.5 Å². The van der Waals surface area contributed by atoms with Crippen LogP contribution in [0.1, 0.15) is 45.2 Å². The Hall–Kier alpha value is -8.43. The number of hydrogen-bond acceptors (Lipinski definition) is 1. The Bertz CT molecular complexity index is 3520. The molecule has 0 amide bonds. The van der Waals surface area contributed by atoms with Gasteiger partial charge in [-0.25, -0.2) is 4.98 Å². The molecule has 2 bridgehead atoms. The van der Waals surface area contributed by atoms with E-state index in [1.807, 2.05) is 0 Å². The van der Waals surface area contributed by atoms with Gasteiger partial charge in [-0.2, -0.15) is 0 Å². The van der Waals surface area contributed by atoms with Crippen molar-refractivity contribution in [3.8, 4) is 55.9 Å². The summed E-state index contributed by atoms with van der Waals surface area (Å²) in [5.74, 6) is 0.00642. The number of benzene rings is 10. The Kier molecular flexibility index (Phi) is 10.1. The van der Waals surface area contributed by atoms with E-state index >= 15 is 0 Å². The zero-order valence-corrected chi connectivity index (χ0v) is 39.1. The van der Waals surface area contributed by atoms with Crippen LogP contribution < -0.4 is 20.7 Å². The van der Waals surface area contributed by atoms with Crippen molar-refractivity contribution in [1.29, 1.82) is 0 Å². The topological polar surface area (TPSA) is 12.9 Å². The third kappa shape index (κ3) is 6.79. The van der Waals surface area contributed by atoms with Gasteiger partial charge in [0.2, 0.25) is 0 Å². The van der Waals surface area contributed by atoms with Crippen LogP contribution in [0.5, 0.6) is 0 Å². The molecule has 0 fully saturated rings. The molecule has 2 unspecified atom stereocenters. The predicted octanol–water partition coefficient (Wildman–Crippen LogP) is 13.8. The SMILES string of the molecule is c1ccc(-c2cccc([Si](c3ccccc3)(c3cccc(-c4ccccc4)c3)c3cccc4c3C3c5ccccc5C4c4cccc(-c5cc(-c6ccccc6)cc(-c6ccccc6)n5)c43)c2)cc1. The van der Waals surface area contributed by atoms with Crippen LogP contribution in [0.15, 0.2) is 273 Å². The normalized spacial score (nSPS) is 14.4. The Labute approximate surface area is 405 Å². The van der Waals surface area contributed by atoms with E-state index < -0.39 is 8.07 Å². The minimum atomic E-state index is -3.21. The van der Waals surface area contributed by atoms with E-state index in [4.69, 9.17) is 4.98 Å². The molecule has 324 valence electrons. The Balaban J connectivity index is 1.12. The van der Waals surface area contributed by atoms with Crippen LogP contribution in [0.3, 0.4) is 0 Å². The Morgan fingerprint density at radius 2 is 0.667 bits per heavy atom. The maximum Gasteiger partial charge on any atom is 0.179 e. The lowest BCUT2D eigenvalue weighted by atomic mass is 9.60. The van der Waals surface area contributed by atoms with Crippen molar-refractivity contribution < 1.29 is 0 Å². The molecule has 0 saturated heterocycles. The molecule has 0 aliphatic heterocycles. The zero-order chi connectivity index (χ0) is 45.7. The van der Waals surface area contributed by atoms with Gasteiger partial charge in [0.25, 0.3) is 0 Å². The third-order valence-corrected chi connectivity index (χ3v) is 19.6. The molecule has 0 spiro atoms. The summed E-state index contributed by atoms with van der Waals surface area (Å²) in [5.41, 5.74) is 19.9. The highest BCUT2D eigenvalue weighted by molar-refractivity contribution is 7.20. The van der Waals surface area contributed by atoms with Crippen molar-refractivity contribution >= 4 is 28.8 Å². The van der Waals surface area contributed by atoms with Crippen molar-refractivity contribution in [3.05, 3.63) is 306 Å². The van der Waals surface area contributed by atoms with Gasteiger partial charge in [-0.3, -0.25) is 0 Å². The van der Waals surface area contributed by atoms with Gasteiger partial charge in [-0.15, -0.1) is 0 Å². The summed E-state index contributed by atoms with van der Waals surface area (Å²) in [4.78, 5) is 5.60. The quantitative estimate of drug-likeness (QED) is 0.104. The van der Waals surface area contributed by atoms with Gasteiger partial charge in [0.15, 0.2) is 8.07 Å². The van der Waals surface area contributed by atoms with Crippen LogP contribution in [0.25, 0.3) is 55.9 Å². The average Bonchev–Trinajstić information content (AvgIpc) is 3.44. The summed E-state index contributed by atoms with van der Waals surface area (Å²) in [5, 5.41) is 5.52. The second kappa shape index (κ2) is 17.0. The summed E-state index contributed by atoms with van der Waals surface area (Å²) in [6.45, 7) is 0. The fourth-order valence-electron chi connectivity index (χ4n) is 11.9. The van der Waals surface area contributed by atoms with Crippen molar-refractivity contribution in [2.24, 2.45) is 0 Å². The second-order valence-electron chi connectivity index (χ2n) is 18.5. The number of pyridine rings is 1. The summed E-state index contributed by atoms with van der Waals surface area (Å²) < 4.78 is 0. The highest BCUT2D eigenvalue weighted by atomic mass is 28.3. The largest absolute Gasteiger partial charge is 0.248 e. The van der Waals surface area contributed by atoms with Crippen LogP contribution in [0, 0.1) is 0 Å². The van der Waals surface area contributed by atoms with E-state index in [1.54, 1.807) is 0 Å². The van der Waals surface area contributed by atoms with Crippen LogP contribution in [-0.4, -0.2) is 13.1 Å². The van der Waals surface area contributed by atoms with Gasteiger partial charge in [-0.1, -0.05) is 261 Å². The van der Waals surface area contributed by atoms with Crippen molar-refractivity contribution in [2.45, 2.75) is 11.8 Å². The summed E-state index contributed by atoms with van der Waals surface area (Å²) in [7, 11) is -3.21. The van der Waals surface area contributed by atoms with Crippen LogP contribution in [0.4, 0.5) is 0 Å². The lowest BCUT2D eigenvalue weighted by Crippen LogP contribution is -2.75. The molecule has 69 heavy (non-hydrogen) atoms. The third-order valence-electron chi connectivity index (χ3n) is 14.8. The molecule has 1 nitrogen and oxygen atoms in total. The van der Waals surface area contributed by atoms with Crippen molar-refractivity contribution in [2.75, 3.05) is 0 Å². The summed E-state index contributed by atoms with van der Waals surface area (Å²) >= 11 is 0. The first kappa shape index (κ1) is 40.8. The van der Waals surface area contributed by atoms with E-state index in [1.165, 1.54) is 87.5 Å². The fraction of sp³-hybridized carbons (Fsp3) is 0.0299. The van der Waals surface area contributed by atoms with Gasteiger partial charge in [0, 0.05) is 23.0 Å². The van der Waals surface area contributed by atoms with Crippen molar-refractivity contribution in [3.63, 3.8) is 0 Å². The molecule has 3 aliphatic rings. The van der Waals surface area contributed by atoms with Gasteiger partial charge in [-0.05, 0) is 99.6 Å². The molecule has 0 saturated carbocycles. The first-order valence-corrected chi connectivity index (χ1v) is 26.1. The standard InChI is InChI=1S/C67H47NSi/c1-6-22-46(23-7-1)50-30-18-34-54(42-50)69(53-32-14-5-15-33-53,55-35-19-31-51(43-55)47-24-8-2-9-25-47)63-41-21-40-60-64-56-36-16-17-37-57(56)67(66(60)63)65-58(38-20-39-59(64)65)62-45-52(48-26-10-3-11-27-48)44-61(68-62)49-28-12-4-13-29-49/h1-45,64,67H. The average molecular weight is 894 g/mol. The lowest BCUT2D eigenvalue weighted by Gasteiger charge is -2.47. The predicted molar refractivity (Wildman–Crippen MR) is 290 cm³/mol. The molecule has 0 radical (unpaired) electrons. The highest BCUT2D eigenvalue weighted by Crippen LogP contribution is 2.57. The molecule has 11 aromatic rings. The maximum absolute atomic E-state index is 5.60. The van der Waals surface area contributed by atoms with Crippen molar-refractivity contribution in [1.82, 2.24) is 4.98 Å². The maximum atomic E-state index is 5.60. The van der Waals surface area contributed by atoms with E-state index in [0.29, 0.717) is 0 Å². The molecule has 2 atom stereocenters. The van der Waals surface area contributed by atoms with Gasteiger partial charge in [0.1, 0.15) is 0 Å². The Morgan fingerprint density at radius 3 is 1.25 bits per heavy atom. The van der Waals surface area contributed by atoms with Gasteiger partial charge < -0.3 is 0 Å². The summed E-state index contributed by atoms with van der Waals surface area (Å²) in [6.07, 6.45) is 0. The molecular weight excluding hydrogens is 847 g/mol. The molecule has 3 aliphatic carbocycles. The van der Waals surface area contributed by atoms with E-state index in [2.05, 4.69) is 273 Å². The highest BCUT2D eigenvalue weighted by Gasteiger charge is 2.50. The fourth-order valence-corrected chi connectivity index (χ4v) is 17.0. The van der Waals surface area contributed by atoms with E-state index in [9.17, 15) is 0 Å². The van der Waals surface area contributed by atoms with Gasteiger partial charge >= 0.3 is 0 Å². The first-order valence-electron chi connectivity index (χ1n) is 24.1. The zero-order valence-electron chi connectivity index (χ0n) is 38.1. The number of rotatable bonds is 9. The minimum Gasteiger partial charge on any atom is -0.248 e. The molecule has 1 heterocycles. The number of nitrogens with zero attached hydrogens (tertiary/aromatic N) is 1. The van der Waals surface area contributed by atoms with Crippen LogP contribution in [-0.2, 0) is 0 Å². The molecule has 1 aromatic heterocycles. The monoisotopic (exact) mass is 893 g/mol. The molecule has 0 N–H and O–H groups in total. The molecular formula is C67H47NSi. The lowest BCUT2D eigenvalue weighted by molar-refractivity contribution is 0.759. The molecule has 10 aromatic carbocycles. The minimum absolute atomic E-state index is 0.0452. The Morgan fingerprint density at radius 1 is 0.261 bits per heavy atom. The van der Waals surface area contributed by atoms with E-state index in [-0.39, 0.29) is 11.8 Å². The smallest absolute Gasteiger partial charge is 0.179 e. The van der Waals surface area contributed by atoms with Crippen LogP contribution >= 0.6 is 0 Å². The molecule has 14 rings (SSSR count).